The highest BCUT2D eigenvalue weighted by molar-refractivity contribution is 5.73. The third-order valence-electron chi connectivity index (χ3n) is 2.72. The van der Waals surface area contributed by atoms with Crippen molar-refractivity contribution in [2.24, 2.45) is 0 Å². The Labute approximate surface area is 99.7 Å². The number of aryl methyl sites for hydroxylation is 2. The summed E-state index contributed by atoms with van der Waals surface area (Å²) in [6.07, 6.45) is 0. The summed E-state index contributed by atoms with van der Waals surface area (Å²) >= 11 is 0. The molecule has 0 N–H and O–H groups in total. The van der Waals surface area contributed by atoms with Crippen molar-refractivity contribution < 1.29 is 0 Å². The third kappa shape index (κ3) is 1.80. The van der Waals surface area contributed by atoms with Crippen molar-refractivity contribution in [3.8, 4) is 5.69 Å². The molecule has 0 unspecified atom stereocenters. The van der Waals surface area contributed by atoms with Gasteiger partial charge in [-0.25, -0.2) is 0 Å². The number of nitrogens with zero attached hydrogens (tertiary/aromatic N) is 3. The molecule has 0 amide bonds. The summed E-state index contributed by atoms with van der Waals surface area (Å²) in [6, 6.07) is 14.2. The van der Waals surface area contributed by atoms with Crippen molar-refractivity contribution in [3.63, 3.8) is 0 Å². The SMILES string of the molecule is Cc1cc(C)cc(-n2nc3ccccc3n2)c1. The average Bonchev–Trinajstić information content (AvgIpc) is 2.71. The maximum Gasteiger partial charge on any atom is 0.113 e. The Morgan fingerprint density at radius 3 is 1.88 bits per heavy atom. The van der Waals surface area contributed by atoms with E-state index >= 15 is 0 Å². The normalized spacial score (nSPS) is 10.9. The van der Waals surface area contributed by atoms with Crippen LogP contribution < -0.4 is 0 Å². The van der Waals surface area contributed by atoms with E-state index < -0.39 is 0 Å². The second-order valence-electron chi connectivity index (χ2n) is 4.32. The molecular formula is C14H13N3. The Balaban J connectivity index is 2.20. The summed E-state index contributed by atoms with van der Waals surface area (Å²) < 4.78 is 0. The van der Waals surface area contributed by atoms with E-state index in [1.807, 2.05) is 24.3 Å². The quantitative estimate of drug-likeness (QED) is 0.634. The molecule has 1 aromatic heterocycles. The molecule has 0 aliphatic rings. The van der Waals surface area contributed by atoms with Crippen LogP contribution in [0.1, 0.15) is 11.1 Å². The lowest BCUT2D eigenvalue weighted by atomic mass is 10.1. The minimum atomic E-state index is 0.923. The standard InChI is InChI=1S/C14H13N3/c1-10-7-11(2)9-12(8-10)17-15-13-5-3-4-6-14(13)16-17/h3-9H,1-2H3. The Hall–Kier alpha value is -2.16. The second kappa shape index (κ2) is 3.70. The predicted molar refractivity (Wildman–Crippen MR) is 68.3 cm³/mol. The minimum absolute atomic E-state index is 0.923. The first-order valence-electron chi connectivity index (χ1n) is 5.63. The van der Waals surface area contributed by atoms with E-state index in [1.54, 1.807) is 4.80 Å². The predicted octanol–water partition coefficient (Wildman–Crippen LogP) is 3.04. The molecule has 0 saturated heterocycles. The fourth-order valence-electron chi connectivity index (χ4n) is 2.04. The van der Waals surface area contributed by atoms with Crippen LogP contribution in [-0.2, 0) is 0 Å². The lowest BCUT2D eigenvalue weighted by Crippen LogP contribution is -1.99. The molecule has 0 atom stereocenters. The van der Waals surface area contributed by atoms with E-state index in [1.165, 1.54) is 11.1 Å². The Morgan fingerprint density at radius 2 is 1.35 bits per heavy atom. The summed E-state index contributed by atoms with van der Waals surface area (Å²) in [5, 5.41) is 8.94. The smallest absolute Gasteiger partial charge is 0.113 e. The van der Waals surface area contributed by atoms with Gasteiger partial charge in [0.2, 0.25) is 0 Å². The maximum absolute atomic E-state index is 4.47. The monoisotopic (exact) mass is 223 g/mol. The van der Waals surface area contributed by atoms with Crippen LogP contribution in [0.4, 0.5) is 0 Å². The molecule has 0 bridgehead atoms. The fraction of sp³-hybridized carbons (Fsp3) is 0.143. The van der Waals surface area contributed by atoms with Gasteiger partial charge in [-0.3, -0.25) is 0 Å². The van der Waals surface area contributed by atoms with Crippen LogP contribution in [0.2, 0.25) is 0 Å². The van der Waals surface area contributed by atoms with E-state index in [0.29, 0.717) is 0 Å². The van der Waals surface area contributed by atoms with Crippen molar-refractivity contribution >= 4 is 11.0 Å². The van der Waals surface area contributed by atoms with E-state index in [2.05, 4.69) is 42.2 Å². The summed E-state index contributed by atoms with van der Waals surface area (Å²) in [7, 11) is 0. The van der Waals surface area contributed by atoms with Gasteiger partial charge in [-0.2, -0.15) is 4.80 Å². The van der Waals surface area contributed by atoms with Crippen LogP contribution in [-0.4, -0.2) is 15.0 Å². The Morgan fingerprint density at radius 1 is 0.824 bits per heavy atom. The minimum Gasteiger partial charge on any atom is -0.150 e. The zero-order valence-electron chi connectivity index (χ0n) is 9.88. The summed E-state index contributed by atoms with van der Waals surface area (Å²) in [4.78, 5) is 1.70. The van der Waals surface area contributed by atoms with Gasteiger partial charge in [0.25, 0.3) is 0 Å². The van der Waals surface area contributed by atoms with Crippen LogP contribution in [0.5, 0.6) is 0 Å². The first-order chi connectivity index (χ1) is 8.22. The molecule has 3 aromatic rings. The molecule has 3 heteroatoms. The number of rotatable bonds is 1. The molecule has 0 spiro atoms. The van der Waals surface area contributed by atoms with Crippen molar-refractivity contribution in [1.29, 1.82) is 0 Å². The van der Waals surface area contributed by atoms with E-state index in [0.717, 1.165) is 16.7 Å². The lowest BCUT2D eigenvalue weighted by Gasteiger charge is -2.02. The van der Waals surface area contributed by atoms with Crippen LogP contribution >= 0.6 is 0 Å². The molecule has 17 heavy (non-hydrogen) atoms. The molecule has 0 aliphatic heterocycles. The first kappa shape index (κ1) is 10.0. The van der Waals surface area contributed by atoms with Gasteiger partial charge in [-0.15, -0.1) is 10.2 Å². The molecule has 1 heterocycles. The van der Waals surface area contributed by atoms with E-state index in [4.69, 9.17) is 0 Å². The van der Waals surface area contributed by atoms with Gasteiger partial charge in [0.1, 0.15) is 11.0 Å². The number of hydrogen-bond donors (Lipinski definition) is 0. The maximum atomic E-state index is 4.47. The molecule has 3 rings (SSSR count). The zero-order chi connectivity index (χ0) is 11.8. The van der Waals surface area contributed by atoms with Crippen molar-refractivity contribution in [2.45, 2.75) is 13.8 Å². The molecule has 0 aliphatic carbocycles. The number of benzene rings is 2. The van der Waals surface area contributed by atoms with Crippen molar-refractivity contribution in [3.05, 3.63) is 53.6 Å². The Bertz CT molecular complexity index is 630. The number of aromatic nitrogens is 3. The molecule has 0 saturated carbocycles. The first-order valence-corrected chi connectivity index (χ1v) is 5.63. The molecule has 2 aromatic carbocycles. The summed E-state index contributed by atoms with van der Waals surface area (Å²) in [5.74, 6) is 0. The number of hydrogen-bond acceptors (Lipinski definition) is 2. The van der Waals surface area contributed by atoms with E-state index in [-0.39, 0.29) is 0 Å². The summed E-state index contributed by atoms with van der Waals surface area (Å²) in [5.41, 5.74) is 5.31. The van der Waals surface area contributed by atoms with Gasteiger partial charge < -0.3 is 0 Å². The summed E-state index contributed by atoms with van der Waals surface area (Å²) in [6.45, 7) is 4.17. The van der Waals surface area contributed by atoms with Crippen LogP contribution in [0.15, 0.2) is 42.5 Å². The Kier molecular flexibility index (Phi) is 2.18. The highest BCUT2D eigenvalue weighted by atomic mass is 15.5. The molecule has 3 nitrogen and oxygen atoms in total. The largest absolute Gasteiger partial charge is 0.150 e. The average molecular weight is 223 g/mol. The molecule has 84 valence electrons. The highest BCUT2D eigenvalue weighted by Gasteiger charge is 2.04. The van der Waals surface area contributed by atoms with Crippen LogP contribution in [0.25, 0.3) is 16.7 Å². The lowest BCUT2D eigenvalue weighted by molar-refractivity contribution is 0.764. The van der Waals surface area contributed by atoms with Crippen LogP contribution in [0, 0.1) is 13.8 Å². The fourth-order valence-corrected chi connectivity index (χ4v) is 2.04. The van der Waals surface area contributed by atoms with E-state index in [9.17, 15) is 0 Å². The van der Waals surface area contributed by atoms with Crippen molar-refractivity contribution in [2.75, 3.05) is 0 Å². The second-order valence-corrected chi connectivity index (χ2v) is 4.32. The highest BCUT2D eigenvalue weighted by Crippen LogP contribution is 2.14. The van der Waals surface area contributed by atoms with Gasteiger partial charge in [0.15, 0.2) is 0 Å². The van der Waals surface area contributed by atoms with Gasteiger partial charge in [0.05, 0.1) is 5.69 Å². The van der Waals surface area contributed by atoms with Crippen LogP contribution in [0.3, 0.4) is 0 Å². The van der Waals surface area contributed by atoms with Gasteiger partial charge in [-0.05, 0) is 49.2 Å². The molecular weight excluding hydrogens is 210 g/mol. The number of fused-ring (bicyclic) bond motifs is 1. The van der Waals surface area contributed by atoms with Gasteiger partial charge in [0, 0.05) is 0 Å². The zero-order valence-corrected chi connectivity index (χ0v) is 9.88. The van der Waals surface area contributed by atoms with Crippen molar-refractivity contribution in [1.82, 2.24) is 15.0 Å². The third-order valence-corrected chi connectivity index (χ3v) is 2.72. The van der Waals surface area contributed by atoms with Gasteiger partial charge >= 0.3 is 0 Å². The molecule has 0 fully saturated rings. The topological polar surface area (TPSA) is 30.7 Å². The van der Waals surface area contributed by atoms with Gasteiger partial charge in [-0.1, -0.05) is 18.2 Å². The molecule has 0 radical (unpaired) electrons.